The first-order chi connectivity index (χ1) is 11.9. The largest absolute Gasteiger partial charge is 0.442 e. The number of hydrogen-bond acceptors (Lipinski definition) is 4. The van der Waals surface area contributed by atoms with Crippen molar-refractivity contribution in [3.63, 3.8) is 0 Å². The molecule has 0 bridgehead atoms. The summed E-state index contributed by atoms with van der Waals surface area (Å²) >= 11 is 4.94. The number of carbonyl (C=O) groups excluding carboxylic acids is 1. The van der Waals surface area contributed by atoms with Crippen LogP contribution >= 0.6 is 12.2 Å². The summed E-state index contributed by atoms with van der Waals surface area (Å²) in [6.45, 7) is 0.419. The number of nitrogens with zero attached hydrogens (tertiary/aromatic N) is 2. The number of nitrogens with one attached hydrogen (secondary N) is 2. The van der Waals surface area contributed by atoms with Gasteiger partial charge >= 0.3 is 6.09 Å². The molecule has 2 N–H and O–H groups in total. The summed E-state index contributed by atoms with van der Waals surface area (Å²) in [5, 5.41) is 15.2. The van der Waals surface area contributed by atoms with E-state index in [1.54, 1.807) is 7.05 Å². The van der Waals surface area contributed by atoms with Crippen LogP contribution in [0.5, 0.6) is 0 Å². The summed E-state index contributed by atoms with van der Waals surface area (Å²) in [6.07, 6.45) is -0.322. The van der Waals surface area contributed by atoms with E-state index in [-0.39, 0.29) is 24.3 Å². The fraction of sp³-hybridized carbons (Fsp3) is 0.438. The first-order valence-electron chi connectivity index (χ1n) is 7.74. The Kier molecular flexibility index (Phi) is 4.47. The first-order valence-corrected chi connectivity index (χ1v) is 8.15. The number of rotatable bonds is 4. The molecule has 0 spiro atoms. The monoisotopic (exact) mass is 366 g/mol. The summed E-state index contributed by atoms with van der Waals surface area (Å²) in [7, 11) is 1.66. The quantitative estimate of drug-likeness (QED) is 0.793. The van der Waals surface area contributed by atoms with Crippen LogP contribution in [0.15, 0.2) is 12.1 Å². The second kappa shape index (κ2) is 6.44. The molecule has 1 aliphatic heterocycles. The van der Waals surface area contributed by atoms with Crippen molar-refractivity contribution in [1.82, 2.24) is 10.6 Å². The fourth-order valence-electron chi connectivity index (χ4n) is 2.85. The summed E-state index contributed by atoms with van der Waals surface area (Å²) in [5.74, 6) is -1.64. The van der Waals surface area contributed by atoms with Gasteiger partial charge in [0.25, 0.3) is 0 Å². The van der Waals surface area contributed by atoms with E-state index in [0.29, 0.717) is 18.0 Å². The van der Waals surface area contributed by atoms with Crippen molar-refractivity contribution < 1.29 is 18.3 Å². The zero-order valence-corrected chi connectivity index (χ0v) is 14.3. The van der Waals surface area contributed by atoms with Gasteiger partial charge in [-0.2, -0.15) is 5.26 Å². The van der Waals surface area contributed by atoms with Gasteiger partial charge in [-0.25, -0.2) is 13.6 Å². The van der Waals surface area contributed by atoms with Crippen LogP contribution in [0.1, 0.15) is 18.4 Å². The molecule has 1 saturated heterocycles. The Hall–Kier alpha value is -2.47. The van der Waals surface area contributed by atoms with E-state index in [1.807, 2.05) is 6.07 Å². The number of thiocarbonyl (C=S) groups is 1. The van der Waals surface area contributed by atoms with E-state index in [0.717, 1.165) is 17.0 Å². The Morgan fingerprint density at radius 3 is 2.64 bits per heavy atom. The highest BCUT2D eigenvalue weighted by molar-refractivity contribution is 7.80. The smallest absolute Gasteiger partial charge is 0.414 e. The molecular weight excluding hydrogens is 350 g/mol. The van der Waals surface area contributed by atoms with Gasteiger partial charge in [-0.15, -0.1) is 0 Å². The first kappa shape index (κ1) is 17.4. The van der Waals surface area contributed by atoms with E-state index in [2.05, 4.69) is 10.6 Å². The van der Waals surface area contributed by atoms with Crippen molar-refractivity contribution >= 4 is 29.1 Å². The number of halogens is 2. The van der Waals surface area contributed by atoms with Gasteiger partial charge in [0, 0.05) is 12.6 Å². The van der Waals surface area contributed by atoms with Crippen molar-refractivity contribution in [1.29, 1.82) is 5.26 Å². The topological polar surface area (TPSA) is 77.4 Å². The van der Waals surface area contributed by atoms with Gasteiger partial charge in [-0.3, -0.25) is 4.90 Å². The molecule has 0 aromatic heterocycles. The van der Waals surface area contributed by atoms with Crippen LogP contribution in [-0.2, 0) is 10.2 Å². The highest BCUT2D eigenvalue weighted by Crippen LogP contribution is 2.50. The van der Waals surface area contributed by atoms with Gasteiger partial charge in [-0.1, -0.05) is 0 Å². The van der Waals surface area contributed by atoms with E-state index in [9.17, 15) is 13.6 Å². The van der Waals surface area contributed by atoms with E-state index >= 15 is 0 Å². The third-order valence-corrected chi connectivity index (χ3v) is 4.72. The van der Waals surface area contributed by atoms with Crippen LogP contribution in [0.4, 0.5) is 19.3 Å². The molecule has 1 saturated carbocycles. The molecule has 2 aliphatic rings. The lowest BCUT2D eigenvalue weighted by atomic mass is 9.96. The van der Waals surface area contributed by atoms with Crippen LogP contribution in [-0.4, -0.2) is 37.4 Å². The highest BCUT2D eigenvalue weighted by Gasteiger charge is 2.49. The molecule has 2 fully saturated rings. The van der Waals surface area contributed by atoms with Crippen molar-refractivity contribution in [3.8, 4) is 6.07 Å². The van der Waals surface area contributed by atoms with Crippen LogP contribution in [0.3, 0.4) is 0 Å². The Labute approximate surface area is 148 Å². The number of anilines is 1. The Balaban J connectivity index is 1.77. The molecule has 25 heavy (non-hydrogen) atoms. The van der Waals surface area contributed by atoms with Crippen LogP contribution in [0.25, 0.3) is 0 Å². The molecule has 1 heterocycles. The molecular formula is C16H16F2N4O2S. The summed E-state index contributed by atoms with van der Waals surface area (Å²) in [6, 6.07) is 4.13. The minimum Gasteiger partial charge on any atom is -0.442 e. The maximum Gasteiger partial charge on any atom is 0.414 e. The van der Waals surface area contributed by atoms with Crippen molar-refractivity contribution in [2.75, 3.05) is 25.0 Å². The number of benzene rings is 1. The Morgan fingerprint density at radius 1 is 1.48 bits per heavy atom. The maximum atomic E-state index is 14.4. The third kappa shape index (κ3) is 3.22. The highest BCUT2D eigenvalue weighted by atomic mass is 32.1. The number of carbonyl (C=O) groups is 1. The number of nitriles is 1. The maximum absolute atomic E-state index is 14.4. The molecule has 132 valence electrons. The molecule has 1 aromatic rings. The predicted molar refractivity (Wildman–Crippen MR) is 90.2 cm³/mol. The lowest BCUT2D eigenvalue weighted by molar-refractivity contribution is 0.143. The normalized spacial score (nSPS) is 20.6. The predicted octanol–water partition coefficient (Wildman–Crippen LogP) is 1.94. The zero-order valence-electron chi connectivity index (χ0n) is 13.4. The van der Waals surface area contributed by atoms with Gasteiger partial charge in [0.2, 0.25) is 0 Å². The SMILES string of the molecule is CNC(=S)NCC1CN(c2cc(F)c(C3(C#N)CC3)c(F)c2)C(=O)O1. The minimum absolute atomic E-state index is 0.0659. The fourth-order valence-corrected chi connectivity index (χ4v) is 2.93. The van der Waals surface area contributed by atoms with E-state index < -0.39 is 29.2 Å². The number of ether oxygens (including phenoxy) is 1. The van der Waals surface area contributed by atoms with Gasteiger partial charge in [0.15, 0.2) is 5.11 Å². The van der Waals surface area contributed by atoms with Crippen LogP contribution in [0.2, 0.25) is 0 Å². The Bertz CT molecular complexity index is 753. The second-order valence-electron chi connectivity index (χ2n) is 6.05. The van der Waals surface area contributed by atoms with Crippen molar-refractivity contribution in [2.45, 2.75) is 24.4 Å². The molecule has 9 heteroatoms. The average molecular weight is 366 g/mol. The van der Waals surface area contributed by atoms with Crippen LogP contribution < -0.4 is 15.5 Å². The van der Waals surface area contributed by atoms with Crippen molar-refractivity contribution in [3.05, 3.63) is 29.3 Å². The average Bonchev–Trinajstić information content (AvgIpc) is 3.27. The molecule has 1 atom stereocenters. The lowest BCUT2D eigenvalue weighted by Gasteiger charge is -2.17. The number of cyclic esters (lactones) is 1. The summed E-state index contributed by atoms with van der Waals surface area (Å²) < 4.78 is 34.0. The van der Waals surface area contributed by atoms with Crippen molar-refractivity contribution in [2.24, 2.45) is 0 Å². The number of amides is 1. The van der Waals surface area contributed by atoms with Crippen LogP contribution in [0, 0.1) is 23.0 Å². The van der Waals surface area contributed by atoms with E-state index in [4.69, 9.17) is 22.2 Å². The van der Waals surface area contributed by atoms with Gasteiger partial charge in [0.1, 0.15) is 17.7 Å². The standard InChI is InChI=1S/C16H16F2N4O2S/c1-20-14(25)21-6-10-7-22(15(23)24-10)9-4-11(17)13(12(18)5-9)16(8-19)2-3-16/h4-5,10H,2-3,6-7H2,1H3,(H2,20,21,25). The third-order valence-electron chi connectivity index (χ3n) is 4.37. The van der Waals surface area contributed by atoms with E-state index in [1.165, 1.54) is 0 Å². The molecule has 3 rings (SSSR count). The Morgan fingerprint density at radius 2 is 2.12 bits per heavy atom. The van der Waals surface area contributed by atoms with Gasteiger partial charge in [-0.05, 0) is 37.2 Å². The summed E-state index contributed by atoms with van der Waals surface area (Å²) in [4.78, 5) is 13.2. The molecule has 1 aliphatic carbocycles. The van der Waals surface area contributed by atoms with Gasteiger partial charge in [0.05, 0.1) is 30.3 Å². The summed E-state index contributed by atoms with van der Waals surface area (Å²) in [5.41, 5.74) is -1.23. The molecule has 1 aromatic carbocycles. The number of hydrogen-bond donors (Lipinski definition) is 2. The molecule has 6 nitrogen and oxygen atoms in total. The zero-order chi connectivity index (χ0) is 18.2. The lowest BCUT2D eigenvalue weighted by Crippen LogP contribution is -2.39. The molecule has 0 radical (unpaired) electrons. The minimum atomic E-state index is -1.08. The molecule has 1 amide bonds. The molecule has 1 unspecified atom stereocenters. The van der Waals surface area contributed by atoms with Gasteiger partial charge < -0.3 is 15.4 Å². The second-order valence-corrected chi connectivity index (χ2v) is 6.46.